The summed E-state index contributed by atoms with van der Waals surface area (Å²) in [5.41, 5.74) is 0.327. The zero-order valence-corrected chi connectivity index (χ0v) is 11.7. The Morgan fingerprint density at radius 3 is 2.50 bits per heavy atom. The number of esters is 1. The maximum absolute atomic E-state index is 11.3. The van der Waals surface area contributed by atoms with Gasteiger partial charge in [0.15, 0.2) is 6.79 Å². The molecule has 1 atom stereocenters. The maximum atomic E-state index is 11.3. The average molecular weight is 283 g/mol. The average Bonchev–Trinajstić information content (AvgIpc) is 2.43. The molecule has 0 amide bonds. The topological polar surface area (TPSA) is 88.0 Å². The third-order valence-corrected chi connectivity index (χ3v) is 2.49. The normalized spacial score (nSPS) is 12.2. The molecule has 20 heavy (non-hydrogen) atoms. The van der Waals surface area contributed by atoms with Gasteiger partial charge in [-0.15, -0.1) is 0 Å². The van der Waals surface area contributed by atoms with Crippen LogP contribution in [0.3, 0.4) is 0 Å². The van der Waals surface area contributed by atoms with Crippen LogP contribution in [0.2, 0.25) is 0 Å². The number of aliphatic hydroxyl groups is 2. The van der Waals surface area contributed by atoms with Crippen LogP contribution in [0.25, 0.3) is 0 Å². The molecule has 0 saturated carbocycles. The summed E-state index contributed by atoms with van der Waals surface area (Å²) in [6.07, 6.45) is -0.601. The van der Waals surface area contributed by atoms with Crippen LogP contribution in [-0.4, -0.2) is 48.3 Å². The molecule has 0 aliphatic carbocycles. The van der Waals surface area contributed by atoms with Crippen molar-refractivity contribution in [2.75, 3.05) is 19.9 Å². The first-order chi connectivity index (χ1) is 9.52. The summed E-state index contributed by atoms with van der Waals surface area (Å²) in [4.78, 5) is 11.3. The SMILES string of the molecule is CC(C)NCC(O)COc1ccc(C(=O)OCO)cc1. The summed E-state index contributed by atoms with van der Waals surface area (Å²) in [6, 6.07) is 6.59. The van der Waals surface area contributed by atoms with E-state index in [1.54, 1.807) is 12.1 Å². The minimum absolute atomic E-state index is 0.167. The van der Waals surface area contributed by atoms with Gasteiger partial charge in [0.2, 0.25) is 0 Å². The number of aliphatic hydroxyl groups excluding tert-OH is 2. The molecule has 6 nitrogen and oxygen atoms in total. The number of benzene rings is 1. The quantitative estimate of drug-likeness (QED) is 0.476. The van der Waals surface area contributed by atoms with Crippen LogP contribution >= 0.6 is 0 Å². The molecule has 0 aliphatic heterocycles. The van der Waals surface area contributed by atoms with Crippen molar-refractivity contribution >= 4 is 5.97 Å². The second-order valence-electron chi connectivity index (χ2n) is 4.61. The second kappa shape index (κ2) is 8.52. The lowest BCUT2D eigenvalue weighted by atomic mass is 10.2. The highest BCUT2D eigenvalue weighted by atomic mass is 16.6. The molecule has 0 bridgehead atoms. The van der Waals surface area contributed by atoms with E-state index in [0.29, 0.717) is 23.9 Å². The summed E-state index contributed by atoms with van der Waals surface area (Å²) in [6.45, 7) is 3.97. The van der Waals surface area contributed by atoms with E-state index in [9.17, 15) is 9.90 Å². The highest BCUT2D eigenvalue weighted by Crippen LogP contribution is 2.13. The van der Waals surface area contributed by atoms with Crippen LogP contribution < -0.4 is 10.1 Å². The number of carbonyl (C=O) groups excluding carboxylic acids is 1. The second-order valence-corrected chi connectivity index (χ2v) is 4.61. The van der Waals surface area contributed by atoms with Crippen molar-refractivity contribution in [3.8, 4) is 5.75 Å². The molecule has 0 heterocycles. The Balaban J connectivity index is 2.39. The Morgan fingerprint density at radius 2 is 1.95 bits per heavy atom. The number of nitrogens with one attached hydrogen (secondary N) is 1. The van der Waals surface area contributed by atoms with E-state index in [1.165, 1.54) is 12.1 Å². The van der Waals surface area contributed by atoms with Crippen LogP contribution in [0.4, 0.5) is 0 Å². The molecule has 0 spiro atoms. The van der Waals surface area contributed by atoms with Crippen LogP contribution in [0.5, 0.6) is 5.75 Å². The summed E-state index contributed by atoms with van der Waals surface area (Å²) in [5, 5.41) is 21.3. The van der Waals surface area contributed by atoms with Crippen molar-refractivity contribution in [2.45, 2.75) is 26.0 Å². The van der Waals surface area contributed by atoms with Gasteiger partial charge in [0.05, 0.1) is 5.56 Å². The van der Waals surface area contributed by atoms with Crippen molar-refractivity contribution in [1.82, 2.24) is 5.32 Å². The van der Waals surface area contributed by atoms with Gasteiger partial charge >= 0.3 is 5.97 Å². The maximum Gasteiger partial charge on any atom is 0.340 e. The molecule has 1 unspecified atom stereocenters. The first-order valence-corrected chi connectivity index (χ1v) is 6.45. The first-order valence-electron chi connectivity index (χ1n) is 6.45. The predicted octanol–water partition coefficient (Wildman–Crippen LogP) is 0.531. The van der Waals surface area contributed by atoms with Crippen molar-refractivity contribution in [1.29, 1.82) is 0 Å². The number of hydrogen-bond donors (Lipinski definition) is 3. The van der Waals surface area contributed by atoms with Crippen LogP contribution in [0, 0.1) is 0 Å². The fourth-order valence-corrected chi connectivity index (χ4v) is 1.45. The smallest absolute Gasteiger partial charge is 0.340 e. The molecular formula is C14H21NO5. The molecule has 1 aromatic rings. The van der Waals surface area contributed by atoms with Crippen LogP contribution in [-0.2, 0) is 4.74 Å². The van der Waals surface area contributed by atoms with Gasteiger partial charge < -0.3 is 25.0 Å². The third-order valence-electron chi connectivity index (χ3n) is 2.49. The standard InChI is InChI=1S/C14H21NO5/c1-10(2)15-7-12(17)8-19-13-5-3-11(4-6-13)14(18)20-9-16/h3-6,10,12,15-17H,7-9H2,1-2H3. The van der Waals surface area contributed by atoms with Gasteiger partial charge in [-0.1, -0.05) is 13.8 Å². The molecule has 112 valence electrons. The lowest BCUT2D eigenvalue weighted by Crippen LogP contribution is -2.35. The highest BCUT2D eigenvalue weighted by molar-refractivity contribution is 5.89. The Hall–Kier alpha value is -1.63. The van der Waals surface area contributed by atoms with Crippen molar-refractivity contribution in [3.63, 3.8) is 0 Å². The van der Waals surface area contributed by atoms with Gasteiger partial charge in [0.25, 0.3) is 0 Å². The first kappa shape index (κ1) is 16.4. The van der Waals surface area contributed by atoms with E-state index in [4.69, 9.17) is 9.84 Å². The Bertz CT molecular complexity index is 405. The molecule has 0 aromatic heterocycles. The molecule has 1 rings (SSSR count). The molecule has 1 aromatic carbocycles. The minimum atomic E-state index is -0.647. The number of hydrogen-bond acceptors (Lipinski definition) is 6. The van der Waals surface area contributed by atoms with Gasteiger partial charge in [-0.2, -0.15) is 0 Å². The summed E-state index contributed by atoms with van der Waals surface area (Å²) in [5.74, 6) is -0.0469. The fourth-order valence-electron chi connectivity index (χ4n) is 1.45. The monoisotopic (exact) mass is 283 g/mol. The van der Waals surface area contributed by atoms with E-state index < -0.39 is 18.9 Å². The summed E-state index contributed by atoms with van der Waals surface area (Å²) < 4.78 is 9.85. The van der Waals surface area contributed by atoms with E-state index in [2.05, 4.69) is 10.1 Å². The third kappa shape index (κ3) is 6.01. The minimum Gasteiger partial charge on any atom is -0.491 e. The molecule has 0 saturated heterocycles. The predicted molar refractivity (Wildman–Crippen MR) is 73.6 cm³/mol. The lowest BCUT2D eigenvalue weighted by Gasteiger charge is -2.15. The zero-order chi connectivity index (χ0) is 15.0. The van der Waals surface area contributed by atoms with Gasteiger partial charge in [-0.25, -0.2) is 4.79 Å². The number of rotatable bonds is 8. The molecule has 3 N–H and O–H groups in total. The van der Waals surface area contributed by atoms with Crippen molar-refractivity contribution in [2.24, 2.45) is 0 Å². The number of carbonyl (C=O) groups is 1. The van der Waals surface area contributed by atoms with E-state index >= 15 is 0 Å². The molecule has 0 radical (unpaired) electrons. The van der Waals surface area contributed by atoms with Gasteiger partial charge in [-0.05, 0) is 24.3 Å². The van der Waals surface area contributed by atoms with Crippen LogP contribution in [0.1, 0.15) is 24.2 Å². The Labute approximate surface area is 118 Å². The summed E-state index contributed by atoms with van der Waals surface area (Å²) >= 11 is 0. The highest BCUT2D eigenvalue weighted by Gasteiger charge is 2.08. The van der Waals surface area contributed by atoms with Crippen molar-refractivity contribution < 1.29 is 24.5 Å². The Morgan fingerprint density at radius 1 is 1.30 bits per heavy atom. The molecular weight excluding hydrogens is 262 g/mol. The van der Waals surface area contributed by atoms with Gasteiger partial charge in [0.1, 0.15) is 18.5 Å². The van der Waals surface area contributed by atoms with Crippen LogP contribution in [0.15, 0.2) is 24.3 Å². The van der Waals surface area contributed by atoms with E-state index in [0.717, 1.165) is 0 Å². The Kier molecular flexibility index (Phi) is 7.00. The molecule has 0 aliphatic rings. The molecule has 6 heteroatoms. The number of ether oxygens (including phenoxy) is 2. The zero-order valence-electron chi connectivity index (χ0n) is 11.7. The fraction of sp³-hybridized carbons (Fsp3) is 0.500. The largest absolute Gasteiger partial charge is 0.491 e. The molecule has 0 fully saturated rings. The van der Waals surface area contributed by atoms with Crippen molar-refractivity contribution in [3.05, 3.63) is 29.8 Å². The van der Waals surface area contributed by atoms with E-state index in [-0.39, 0.29) is 6.61 Å². The van der Waals surface area contributed by atoms with Gasteiger partial charge in [-0.3, -0.25) is 0 Å². The van der Waals surface area contributed by atoms with E-state index in [1.807, 2.05) is 13.8 Å². The van der Waals surface area contributed by atoms with Gasteiger partial charge in [0, 0.05) is 12.6 Å². The lowest BCUT2D eigenvalue weighted by molar-refractivity contribution is 0.00683. The summed E-state index contributed by atoms with van der Waals surface area (Å²) in [7, 11) is 0.